The van der Waals surface area contributed by atoms with E-state index in [0.29, 0.717) is 0 Å². The van der Waals surface area contributed by atoms with Crippen LogP contribution < -0.4 is 5.09 Å². The van der Waals surface area contributed by atoms with E-state index in [1.807, 2.05) is 0 Å². The van der Waals surface area contributed by atoms with E-state index in [1.165, 1.54) is 12.8 Å². The van der Waals surface area contributed by atoms with Crippen LogP contribution in [-0.4, -0.2) is 25.7 Å². The van der Waals surface area contributed by atoms with Crippen molar-refractivity contribution in [3.8, 4) is 0 Å². The van der Waals surface area contributed by atoms with Crippen molar-refractivity contribution in [1.29, 1.82) is 0 Å². The highest BCUT2D eigenvalue weighted by atomic mass is 32.9. The molecule has 0 aromatic rings. The molecule has 0 saturated carbocycles. The molecule has 3 nitrogen and oxygen atoms in total. The SMILES string of the molecule is CCCCSP(=S)(NC=NC)OCCC. The number of hydrogen-bond donors (Lipinski definition) is 1. The number of nitrogens with zero attached hydrogens (tertiary/aromatic N) is 1. The summed E-state index contributed by atoms with van der Waals surface area (Å²) in [6, 6.07) is 0. The third-order valence-corrected chi connectivity index (χ3v) is 7.12. The van der Waals surface area contributed by atoms with Gasteiger partial charge in [0.05, 0.1) is 12.9 Å². The van der Waals surface area contributed by atoms with Crippen molar-refractivity contribution in [2.24, 2.45) is 4.99 Å². The minimum Gasteiger partial charge on any atom is -0.326 e. The number of unbranched alkanes of at least 4 members (excludes halogenated alkanes) is 1. The van der Waals surface area contributed by atoms with Gasteiger partial charge in [0.15, 0.2) is 0 Å². The van der Waals surface area contributed by atoms with E-state index >= 15 is 0 Å². The zero-order valence-corrected chi connectivity index (χ0v) is 12.3. The van der Waals surface area contributed by atoms with E-state index in [4.69, 9.17) is 16.3 Å². The average Bonchev–Trinajstić information content (AvgIpc) is 2.24. The minimum atomic E-state index is -1.93. The second-order valence-corrected chi connectivity index (χ2v) is 9.76. The smallest absolute Gasteiger partial charge is 0.211 e. The number of aliphatic imine (C=N–C) groups is 1. The van der Waals surface area contributed by atoms with E-state index in [2.05, 4.69) is 23.9 Å². The summed E-state index contributed by atoms with van der Waals surface area (Å²) in [4.78, 5) is 3.89. The van der Waals surface area contributed by atoms with Gasteiger partial charge in [0.2, 0.25) is 5.62 Å². The summed E-state index contributed by atoms with van der Waals surface area (Å²) in [5.41, 5.74) is -1.93. The zero-order valence-electron chi connectivity index (χ0n) is 9.73. The fourth-order valence-electron chi connectivity index (χ4n) is 0.781. The van der Waals surface area contributed by atoms with Gasteiger partial charge < -0.3 is 9.61 Å². The Hall–Kier alpha value is 0.430. The van der Waals surface area contributed by atoms with Gasteiger partial charge in [-0.05, 0) is 24.6 Å². The summed E-state index contributed by atoms with van der Waals surface area (Å²) in [5, 5.41) is 3.11. The van der Waals surface area contributed by atoms with E-state index in [9.17, 15) is 0 Å². The molecular weight excluding hydrogens is 247 g/mol. The Balaban J connectivity index is 4.07. The first kappa shape index (κ1) is 15.4. The first-order valence-electron chi connectivity index (χ1n) is 5.26. The van der Waals surface area contributed by atoms with Gasteiger partial charge in [-0.15, -0.1) is 0 Å². The fourth-order valence-corrected chi connectivity index (χ4v) is 5.30. The molecule has 0 bridgehead atoms. The second-order valence-electron chi connectivity index (χ2n) is 3.03. The van der Waals surface area contributed by atoms with E-state index < -0.39 is 5.62 Å². The molecule has 0 aromatic carbocycles. The van der Waals surface area contributed by atoms with Gasteiger partial charge in [0.1, 0.15) is 0 Å². The predicted octanol–water partition coefficient (Wildman–Crippen LogP) is 3.42. The molecule has 0 aromatic heterocycles. The van der Waals surface area contributed by atoms with E-state index in [1.54, 1.807) is 24.8 Å². The highest BCUT2D eigenvalue weighted by Gasteiger charge is 2.16. The van der Waals surface area contributed by atoms with Crippen LogP contribution in [0.25, 0.3) is 0 Å². The van der Waals surface area contributed by atoms with Crippen LogP contribution in [-0.2, 0) is 16.3 Å². The standard InChI is InChI=1S/C9H21N2OPS2/c1-4-6-8-15-13(14,11-9-10-3)12-7-5-2/h9H,4-8H2,1-3H3,(H,10,11,14). The van der Waals surface area contributed by atoms with Crippen LogP contribution >= 0.6 is 17.0 Å². The maximum absolute atomic E-state index is 5.71. The van der Waals surface area contributed by atoms with E-state index in [0.717, 1.165) is 18.8 Å². The predicted molar refractivity (Wildman–Crippen MR) is 75.4 cm³/mol. The second kappa shape index (κ2) is 9.64. The van der Waals surface area contributed by atoms with Crippen LogP contribution in [0, 0.1) is 0 Å². The number of rotatable bonds is 9. The van der Waals surface area contributed by atoms with Gasteiger partial charge in [-0.2, -0.15) is 0 Å². The lowest BCUT2D eigenvalue weighted by molar-refractivity contribution is 0.356. The molecule has 0 heterocycles. The molecule has 0 amide bonds. The Labute approximate surface area is 102 Å². The van der Waals surface area contributed by atoms with Crippen LogP contribution in [0.1, 0.15) is 33.1 Å². The Kier molecular flexibility index (Phi) is 9.92. The third kappa shape index (κ3) is 8.26. The van der Waals surface area contributed by atoms with Crippen molar-refractivity contribution < 1.29 is 4.52 Å². The quantitative estimate of drug-likeness (QED) is 0.301. The van der Waals surface area contributed by atoms with Crippen molar-refractivity contribution in [2.75, 3.05) is 19.4 Å². The lowest BCUT2D eigenvalue weighted by Gasteiger charge is -2.20. The number of nitrogens with one attached hydrogen (secondary N) is 1. The Bertz CT molecular complexity index is 224. The molecule has 1 unspecified atom stereocenters. The highest BCUT2D eigenvalue weighted by molar-refractivity contribution is 8.68. The molecular formula is C9H21N2OPS2. The molecule has 6 heteroatoms. The van der Waals surface area contributed by atoms with Gasteiger partial charge in [0, 0.05) is 12.8 Å². The zero-order chi connectivity index (χ0) is 11.6. The Morgan fingerprint density at radius 1 is 1.47 bits per heavy atom. The molecule has 1 N–H and O–H groups in total. The fraction of sp³-hybridized carbons (Fsp3) is 0.889. The van der Waals surface area contributed by atoms with Gasteiger partial charge in [-0.1, -0.05) is 31.7 Å². The van der Waals surface area contributed by atoms with E-state index in [-0.39, 0.29) is 0 Å². The third-order valence-electron chi connectivity index (χ3n) is 1.57. The average molecular weight is 268 g/mol. The summed E-state index contributed by atoms with van der Waals surface area (Å²) in [6.07, 6.45) is 5.02. The molecule has 0 aliphatic heterocycles. The van der Waals surface area contributed by atoms with Crippen molar-refractivity contribution in [3.63, 3.8) is 0 Å². The maximum atomic E-state index is 5.71. The van der Waals surface area contributed by atoms with Crippen molar-refractivity contribution in [1.82, 2.24) is 5.09 Å². The van der Waals surface area contributed by atoms with Crippen LogP contribution in [0.5, 0.6) is 0 Å². The van der Waals surface area contributed by atoms with Crippen molar-refractivity contribution >= 4 is 35.1 Å². The lowest BCUT2D eigenvalue weighted by atomic mass is 10.4. The molecule has 0 radical (unpaired) electrons. The molecule has 0 rings (SSSR count). The first-order chi connectivity index (χ1) is 7.18. The van der Waals surface area contributed by atoms with Crippen LogP contribution in [0.4, 0.5) is 0 Å². The normalized spacial score (nSPS) is 15.4. The molecule has 0 aliphatic carbocycles. The Morgan fingerprint density at radius 3 is 2.73 bits per heavy atom. The van der Waals surface area contributed by atoms with Gasteiger partial charge in [-0.25, -0.2) is 0 Å². The van der Waals surface area contributed by atoms with Crippen molar-refractivity contribution in [3.05, 3.63) is 0 Å². The molecule has 15 heavy (non-hydrogen) atoms. The Morgan fingerprint density at radius 2 is 2.20 bits per heavy atom. The molecule has 0 saturated heterocycles. The van der Waals surface area contributed by atoms with Crippen LogP contribution in [0.3, 0.4) is 0 Å². The molecule has 0 fully saturated rings. The highest BCUT2D eigenvalue weighted by Crippen LogP contribution is 2.56. The summed E-state index contributed by atoms with van der Waals surface area (Å²) in [5.74, 6) is 1.06. The molecule has 0 spiro atoms. The summed E-state index contributed by atoms with van der Waals surface area (Å²) < 4.78 is 5.71. The summed E-state index contributed by atoms with van der Waals surface area (Å²) >= 11 is 7.23. The number of hydrogen-bond acceptors (Lipinski definition) is 4. The summed E-state index contributed by atoms with van der Waals surface area (Å²) in [7, 11) is 1.73. The molecule has 90 valence electrons. The summed E-state index contributed by atoms with van der Waals surface area (Å²) in [6.45, 7) is 4.99. The lowest BCUT2D eigenvalue weighted by Crippen LogP contribution is -2.08. The first-order valence-corrected chi connectivity index (χ1v) is 9.57. The van der Waals surface area contributed by atoms with Gasteiger partial charge in [-0.3, -0.25) is 4.99 Å². The van der Waals surface area contributed by atoms with Gasteiger partial charge in [0.25, 0.3) is 0 Å². The van der Waals surface area contributed by atoms with Crippen molar-refractivity contribution in [2.45, 2.75) is 33.1 Å². The molecule has 0 aliphatic rings. The maximum Gasteiger partial charge on any atom is 0.211 e. The van der Waals surface area contributed by atoms with Crippen LogP contribution in [0.15, 0.2) is 4.99 Å². The minimum absolute atomic E-state index is 0.723. The van der Waals surface area contributed by atoms with Gasteiger partial charge >= 0.3 is 0 Å². The largest absolute Gasteiger partial charge is 0.326 e. The van der Waals surface area contributed by atoms with Crippen LogP contribution in [0.2, 0.25) is 0 Å². The topological polar surface area (TPSA) is 33.6 Å². The molecule has 1 atom stereocenters. The monoisotopic (exact) mass is 268 g/mol.